The summed E-state index contributed by atoms with van der Waals surface area (Å²) in [5.41, 5.74) is 0.276. The van der Waals surface area contributed by atoms with Gasteiger partial charge in [0.15, 0.2) is 0 Å². The molecule has 0 bridgehead atoms. The molecule has 2 aliphatic heterocycles. The summed E-state index contributed by atoms with van der Waals surface area (Å²) in [6, 6.07) is 8.89. The molecule has 3 rings (SSSR count). The lowest BCUT2D eigenvalue weighted by Gasteiger charge is -2.29. The topological polar surface area (TPSA) is 86.3 Å². The molecule has 148 valence electrons. The van der Waals surface area contributed by atoms with Crippen LogP contribution in [0, 0.1) is 0 Å². The second-order valence-corrected chi connectivity index (χ2v) is 7.63. The molecule has 2 amide bonds. The number of benzene rings is 1. The van der Waals surface area contributed by atoms with E-state index < -0.39 is 29.6 Å². The summed E-state index contributed by atoms with van der Waals surface area (Å²) < 4.78 is 22.2. The number of carbonyl (C=O) groups is 2. The van der Waals surface area contributed by atoms with Crippen LogP contribution in [0.4, 0.5) is 9.59 Å². The monoisotopic (exact) mass is 378 g/mol. The van der Waals surface area contributed by atoms with E-state index in [9.17, 15) is 9.59 Å². The van der Waals surface area contributed by atoms with Crippen LogP contribution in [-0.4, -0.2) is 60.8 Å². The van der Waals surface area contributed by atoms with E-state index in [4.69, 9.17) is 18.9 Å². The molecule has 1 unspecified atom stereocenters. The van der Waals surface area contributed by atoms with Crippen LogP contribution >= 0.6 is 0 Å². The second-order valence-electron chi connectivity index (χ2n) is 7.63. The number of likely N-dealkylation sites (tertiary alicyclic amines) is 1. The van der Waals surface area contributed by atoms with Crippen LogP contribution < -0.4 is 5.32 Å². The van der Waals surface area contributed by atoms with E-state index in [1.165, 1.54) is 4.90 Å². The molecule has 1 spiro atoms. The number of carbonyl (C=O) groups excluding carboxylic acids is 2. The Bertz CT molecular complexity index is 667. The zero-order valence-corrected chi connectivity index (χ0v) is 15.9. The van der Waals surface area contributed by atoms with Gasteiger partial charge in [0.1, 0.15) is 18.2 Å². The summed E-state index contributed by atoms with van der Waals surface area (Å²) in [6.07, 6.45) is -1.06. The Labute approximate surface area is 158 Å². The van der Waals surface area contributed by atoms with Gasteiger partial charge in [-0.1, -0.05) is 30.3 Å². The number of alkyl carbamates (subject to hydrolysis) is 1. The predicted octanol–water partition coefficient (Wildman–Crippen LogP) is 2.28. The predicted molar refractivity (Wildman–Crippen MR) is 96.0 cm³/mol. The lowest BCUT2D eigenvalue weighted by atomic mass is 10.1. The van der Waals surface area contributed by atoms with Crippen molar-refractivity contribution in [3.05, 3.63) is 35.9 Å². The van der Waals surface area contributed by atoms with Crippen LogP contribution in [0.15, 0.2) is 30.3 Å². The Morgan fingerprint density at radius 2 is 1.89 bits per heavy atom. The molecule has 1 N–H and O–H groups in total. The molecule has 27 heavy (non-hydrogen) atoms. The van der Waals surface area contributed by atoms with Crippen LogP contribution in [0.5, 0.6) is 0 Å². The third-order valence-electron chi connectivity index (χ3n) is 4.28. The summed E-state index contributed by atoms with van der Waals surface area (Å²) in [5.74, 6) is -1.07. The smallest absolute Gasteiger partial charge is 0.410 e. The average molecular weight is 378 g/mol. The summed E-state index contributed by atoms with van der Waals surface area (Å²) in [4.78, 5) is 26.1. The van der Waals surface area contributed by atoms with Crippen molar-refractivity contribution in [1.29, 1.82) is 0 Å². The van der Waals surface area contributed by atoms with Crippen molar-refractivity contribution in [3.8, 4) is 0 Å². The van der Waals surface area contributed by atoms with E-state index >= 15 is 0 Å². The summed E-state index contributed by atoms with van der Waals surface area (Å²) >= 11 is 0. The molecular weight excluding hydrogens is 352 g/mol. The van der Waals surface area contributed by atoms with Crippen LogP contribution in [0.1, 0.15) is 26.3 Å². The molecule has 0 saturated carbocycles. The quantitative estimate of drug-likeness (QED) is 0.868. The molecule has 0 aliphatic carbocycles. The zero-order chi connectivity index (χ0) is 19.5. The molecule has 2 fully saturated rings. The number of amides is 2. The first-order chi connectivity index (χ1) is 12.8. The van der Waals surface area contributed by atoms with Gasteiger partial charge in [0.2, 0.25) is 5.79 Å². The van der Waals surface area contributed by atoms with Crippen LogP contribution in [-0.2, 0) is 25.6 Å². The lowest BCUT2D eigenvalue weighted by molar-refractivity contribution is -0.158. The Morgan fingerprint density at radius 3 is 2.52 bits per heavy atom. The van der Waals surface area contributed by atoms with Gasteiger partial charge in [0.05, 0.1) is 19.8 Å². The Balaban J connectivity index is 1.61. The van der Waals surface area contributed by atoms with E-state index in [0.29, 0.717) is 13.2 Å². The van der Waals surface area contributed by atoms with Gasteiger partial charge in [-0.05, 0) is 26.3 Å². The van der Waals surface area contributed by atoms with Gasteiger partial charge >= 0.3 is 12.2 Å². The lowest BCUT2D eigenvalue weighted by Crippen LogP contribution is -2.53. The summed E-state index contributed by atoms with van der Waals surface area (Å²) in [6.45, 7) is 6.73. The number of rotatable bonds is 3. The number of nitrogens with one attached hydrogen (secondary N) is 1. The van der Waals surface area contributed by atoms with Crippen LogP contribution in [0.3, 0.4) is 0 Å². The highest BCUT2D eigenvalue weighted by atomic mass is 16.7. The molecular formula is C19H26N2O6. The highest BCUT2D eigenvalue weighted by molar-refractivity contribution is 5.70. The number of nitrogens with zero attached hydrogens (tertiary/aromatic N) is 1. The highest BCUT2D eigenvalue weighted by Gasteiger charge is 2.54. The first-order valence-corrected chi connectivity index (χ1v) is 9.00. The minimum atomic E-state index is -1.07. The molecule has 0 aromatic heterocycles. The summed E-state index contributed by atoms with van der Waals surface area (Å²) in [7, 11) is 0. The number of hydrogen-bond acceptors (Lipinski definition) is 6. The van der Waals surface area contributed by atoms with Gasteiger partial charge in [-0.3, -0.25) is 0 Å². The largest absolute Gasteiger partial charge is 0.445 e. The summed E-state index contributed by atoms with van der Waals surface area (Å²) in [5, 5.41) is 2.77. The molecule has 8 nitrogen and oxygen atoms in total. The third-order valence-corrected chi connectivity index (χ3v) is 4.28. The van der Waals surface area contributed by atoms with Gasteiger partial charge < -0.3 is 29.2 Å². The maximum absolute atomic E-state index is 12.5. The maximum Gasteiger partial charge on any atom is 0.410 e. The molecule has 2 heterocycles. The van der Waals surface area contributed by atoms with Gasteiger partial charge in [0, 0.05) is 6.54 Å². The fourth-order valence-electron chi connectivity index (χ4n) is 3.12. The van der Waals surface area contributed by atoms with Crippen LogP contribution in [0.2, 0.25) is 0 Å². The van der Waals surface area contributed by atoms with Crippen molar-refractivity contribution in [3.63, 3.8) is 0 Å². The average Bonchev–Trinajstić information content (AvgIpc) is 3.20. The van der Waals surface area contributed by atoms with E-state index in [1.807, 2.05) is 30.3 Å². The van der Waals surface area contributed by atoms with Gasteiger partial charge in [-0.15, -0.1) is 0 Å². The Hall–Kier alpha value is -2.32. The van der Waals surface area contributed by atoms with Gasteiger partial charge in [-0.2, -0.15) is 0 Å². The molecule has 2 saturated heterocycles. The van der Waals surface area contributed by atoms with Crippen molar-refractivity contribution in [2.24, 2.45) is 0 Å². The second kappa shape index (κ2) is 7.74. The minimum Gasteiger partial charge on any atom is -0.445 e. The van der Waals surface area contributed by atoms with Gasteiger partial charge in [-0.25, -0.2) is 9.59 Å². The zero-order valence-electron chi connectivity index (χ0n) is 15.9. The first-order valence-electron chi connectivity index (χ1n) is 9.00. The Kier molecular flexibility index (Phi) is 5.57. The SMILES string of the molecule is CC(C)(C)OC(=O)NC1CN(C(=O)OCc2ccccc2)CC12OCCO2. The molecule has 1 atom stereocenters. The maximum atomic E-state index is 12.5. The van der Waals surface area contributed by atoms with Crippen molar-refractivity contribution in [1.82, 2.24) is 10.2 Å². The highest BCUT2D eigenvalue weighted by Crippen LogP contribution is 2.31. The van der Waals surface area contributed by atoms with Crippen LogP contribution in [0.25, 0.3) is 0 Å². The number of hydrogen-bond donors (Lipinski definition) is 1. The van der Waals surface area contributed by atoms with E-state index in [2.05, 4.69) is 5.32 Å². The van der Waals surface area contributed by atoms with E-state index in [0.717, 1.165) is 5.56 Å². The molecule has 1 aromatic rings. The van der Waals surface area contributed by atoms with Crippen molar-refractivity contribution >= 4 is 12.2 Å². The molecule has 1 aromatic carbocycles. The van der Waals surface area contributed by atoms with Crippen molar-refractivity contribution in [2.45, 2.75) is 44.8 Å². The molecule has 2 aliphatic rings. The Morgan fingerprint density at radius 1 is 1.22 bits per heavy atom. The third kappa shape index (κ3) is 4.90. The fraction of sp³-hybridized carbons (Fsp3) is 0.579. The standard InChI is InChI=1S/C19H26N2O6/c1-18(2,3)27-16(22)20-15-11-21(13-19(15)25-9-10-26-19)17(23)24-12-14-7-5-4-6-8-14/h4-8,15H,9-13H2,1-3H3,(H,20,22). The van der Waals surface area contributed by atoms with E-state index in [-0.39, 0.29) is 19.7 Å². The first kappa shape index (κ1) is 19.4. The van der Waals surface area contributed by atoms with Crippen molar-refractivity contribution in [2.75, 3.05) is 26.3 Å². The van der Waals surface area contributed by atoms with Gasteiger partial charge in [0.25, 0.3) is 0 Å². The fourth-order valence-corrected chi connectivity index (χ4v) is 3.12. The molecule has 8 heteroatoms. The normalized spacial score (nSPS) is 21.3. The number of ether oxygens (including phenoxy) is 4. The minimum absolute atomic E-state index is 0.176. The molecule has 0 radical (unpaired) electrons. The van der Waals surface area contributed by atoms with Crippen molar-refractivity contribution < 1.29 is 28.5 Å². The van der Waals surface area contributed by atoms with E-state index in [1.54, 1.807) is 20.8 Å².